The molecule has 0 aliphatic carbocycles. The summed E-state index contributed by atoms with van der Waals surface area (Å²) in [7, 11) is 0. The van der Waals surface area contributed by atoms with Crippen LogP contribution in [0.3, 0.4) is 0 Å². The summed E-state index contributed by atoms with van der Waals surface area (Å²) in [5.74, 6) is -0.720. The van der Waals surface area contributed by atoms with E-state index in [2.05, 4.69) is 26.9 Å². The molecule has 1 aliphatic rings. The Morgan fingerprint density at radius 2 is 2.33 bits per heavy atom. The van der Waals surface area contributed by atoms with Gasteiger partial charge in [-0.2, -0.15) is 5.26 Å². The van der Waals surface area contributed by atoms with Gasteiger partial charge < -0.3 is 10.0 Å². The minimum atomic E-state index is -0.720. The smallest absolute Gasteiger partial charge is 0.311 e. The molecule has 1 fully saturated rings. The van der Waals surface area contributed by atoms with Gasteiger partial charge in [-0.05, 0) is 37.5 Å². The van der Waals surface area contributed by atoms with Gasteiger partial charge in [-0.15, -0.1) is 0 Å². The summed E-state index contributed by atoms with van der Waals surface area (Å²) in [5, 5.41) is 18.9. The van der Waals surface area contributed by atoms with Crippen LogP contribution in [-0.4, -0.2) is 24.2 Å². The maximum absolute atomic E-state index is 11.8. The first-order valence-corrected chi connectivity index (χ1v) is 8.00. The number of carboxylic acid groups (broad SMARTS) is 1. The van der Waals surface area contributed by atoms with Crippen molar-refractivity contribution in [2.75, 3.05) is 18.0 Å². The lowest BCUT2D eigenvalue weighted by Gasteiger charge is -2.41. The van der Waals surface area contributed by atoms with Crippen LogP contribution in [0, 0.1) is 16.7 Å². The largest absolute Gasteiger partial charge is 0.481 e. The molecule has 0 radical (unpaired) electrons. The molecule has 1 heterocycles. The van der Waals surface area contributed by atoms with Crippen LogP contribution in [0.5, 0.6) is 0 Å². The SMILES string of the molecule is CCCC1(C(=O)O)CCCN(c2cc(Br)ccc2C#N)C1. The molecule has 0 saturated carbocycles. The Balaban J connectivity index is 2.35. The summed E-state index contributed by atoms with van der Waals surface area (Å²) in [6, 6.07) is 7.71. The van der Waals surface area contributed by atoms with Crippen molar-refractivity contribution < 1.29 is 9.90 Å². The van der Waals surface area contributed by atoms with Gasteiger partial charge >= 0.3 is 5.97 Å². The highest BCUT2D eigenvalue weighted by Gasteiger charge is 2.42. The van der Waals surface area contributed by atoms with Gasteiger partial charge in [-0.1, -0.05) is 29.3 Å². The number of benzene rings is 1. The highest BCUT2D eigenvalue weighted by molar-refractivity contribution is 9.10. The zero-order valence-corrected chi connectivity index (χ0v) is 13.7. The topological polar surface area (TPSA) is 64.3 Å². The number of hydrogen-bond donors (Lipinski definition) is 1. The fraction of sp³-hybridized carbons (Fsp3) is 0.500. The second-order valence-corrected chi connectivity index (χ2v) is 6.55. The van der Waals surface area contributed by atoms with E-state index < -0.39 is 11.4 Å². The molecule has 21 heavy (non-hydrogen) atoms. The van der Waals surface area contributed by atoms with E-state index in [0.29, 0.717) is 24.9 Å². The van der Waals surface area contributed by atoms with E-state index in [-0.39, 0.29) is 0 Å². The average molecular weight is 351 g/mol. The highest BCUT2D eigenvalue weighted by Crippen LogP contribution is 2.38. The number of carbonyl (C=O) groups is 1. The minimum Gasteiger partial charge on any atom is -0.481 e. The van der Waals surface area contributed by atoms with E-state index in [4.69, 9.17) is 0 Å². The number of rotatable bonds is 4. The Hall–Kier alpha value is -1.54. The molecule has 112 valence electrons. The van der Waals surface area contributed by atoms with E-state index in [9.17, 15) is 15.2 Å². The van der Waals surface area contributed by atoms with Crippen molar-refractivity contribution in [1.29, 1.82) is 5.26 Å². The minimum absolute atomic E-state index is 0.474. The lowest BCUT2D eigenvalue weighted by molar-refractivity contribution is -0.150. The summed E-state index contributed by atoms with van der Waals surface area (Å²) >= 11 is 3.43. The van der Waals surface area contributed by atoms with Gasteiger partial charge in [-0.25, -0.2) is 0 Å². The number of piperidine rings is 1. The molecule has 2 rings (SSSR count). The van der Waals surface area contributed by atoms with Gasteiger partial charge in [0.25, 0.3) is 0 Å². The third-order valence-corrected chi connectivity index (χ3v) is 4.67. The molecule has 1 aromatic rings. The molecule has 0 aromatic heterocycles. The molecule has 4 nitrogen and oxygen atoms in total. The van der Waals surface area contributed by atoms with Gasteiger partial charge in [0, 0.05) is 17.6 Å². The molecular formula is C16H19BrN2O2. The van der Waals surface area contributed by atoms with Crippen LogP contribution in [0.4, 0.5) is 5.69 Å². The van der Waals surface area contributed by atoms with Gasteiger partial charge in [0.1, 0.15) is 6.07 Å². The summed E-state index contributed by atoms with van der Waals surface area (Å²) in [5.41, 5.74) is 0.728. The Kier molecular flexibility index (Phi) is 4.89. The monoisotopic (exact) mass is 350 g/mol. The fourth-order valence-electron chi connectivity index (χ4n) is 3.16. The molecule has 0 spiro atoms. The summed E-state index contributed by atoms with van der Waals surface area (Å²) in [4.78, 5) is 13.8. The zero-order valence-electron chi connectivity index (χ0n) is 12.1. The molecule has 1 saturated heterocycles. The highest BCUT2D eigenvalue weighted by atomic mass is 79.9. The number of nitrogens with zero attached hydrogens (tertiary/aromatic N) is 2. The van der Waals surface area contributed by atoms with E-state index in [1.807, 2.05) is 19.1 Å². The normalized spacial score (nSPS) is 21.9. The van der Waals surface area contributed by atoms with Gasteiger partial charge in [0.2, 0.25) is 0 Å². The Labute approximate surface area is 133 Å². The number of carboxylic acids is 1. The molecule has 5 heteroatoms. The van der Waals surface area contributed by atoms with E-state index in [1.54, 1.807) is 6.07 Å². The van der Waals surface area contributed by atoms with Crippen LogP contribution in [0.25, 0.3) is 0 Å². The lowest BCUT2D eigenvalue weighted by atomic mass is 9.76. The maximum atomic E-state index is 11.8. The number of hydrogen-bond acceptors (Lipinski definition) is 3. The molecule has 1 unspecified atom stereocenters. The number of halogens is 1. The first kappa shape index (κ1) is 15.8. The first-order valence-electron chi connectivity index (χ1n) is 7.20. The van der Waals surface area contributed by atoms with Crippen molar-refractivity contribution in [2.45, 2.75) is 32.6 Å². The second-order valence-electron chi connectivity index (χ2n) is 5.63. The summed E-state index contributed by atoms with van der Waals surface area (Å²) in [6.45, 7) is 3.29. The Morgan fingerprint density at radius 3 is 2.95 bits per heavy atom. The van der Waals surface area contributed by atoms with Gasteiger partial charge in [-0.3, -0.25) is 4.79 Å². The third-order valence-electron chi connectivity index (χ3n) is 4.18. The van der Waals surface area contributed by atoms with Crippen molar-refractivity contribution in [3.8, 4) is 6.07 Å². The third kappa shape index (κ3) is 3.21. The number of anilines is 1. The standard InChI is InChI=1S/C16H19BrN2O2/c1-2-6-16(15(20)21)7-3-8-19(11-16)14-9-13(17)5-4-12(14)10-18/h4-5,9H,2-3,6-8,11H2,1H3,(H,20,21). The molecule has 1 aromatic carbocycles. The molecular weight excluding hydrogens is 332 g/mol. The lowest BCUT2D eigenvalue weighted by Crippen LogP contribution is -2.48. The number of nitriles is 1. The van der Waals surface area contributed by atoms with E-state index >= 15 is 0 Å². The van der Waals surface area contributed by atoms with Crippen LogP contribution in [0.1, 0.15) is 38.2 Å². The van der Waals surface area contributed by atoms with Crippen LogP contribution in [-0.2, 0) is 4.79 Å². The van der Waals surface area contributed by atoms with Gasteiger partial charge in [0.15, 0.2) is 0 Å². The van der Waals surface area contributed by atoms with Crippen molar-refractivity contribution >= 4 is 27.6 Å². The van der Waals surface area contributed by atoms with Crippen molar-refractivity contribution in [3.05, 3.63) is 28.2 Å². The van der Waals surface area contributed by atoms with Crippen molar-refractivity contribution in [2.24, 2.45) is 5.41 Å². The average Bonchev–Trinajstić information content (AvgIpc) is 2.47. The maximum Gasteiger partial charge on any atom is 0.311 e. The first-order chi connectivity index (χ1) is 10.0. The van der Waals surface area contributed by atoms with Crippen molar-refractivity contribution in [3.63, 3.8) is 0 Å². The predicted molar refractivity (Wildman–Crippen MR) is 85.3 cm³/mol. The van der Waals surface area contributed by atoms with E-state index in [0.717, 1.165) is 29.5 Å². The molecule has 1 N–H and O–H groups in total. The fourth-order valence-corrected chi connectivity index (χ4v) is 3.51. The summed E-state index contributed by atoms with van der Waals surface area (Å²) in [6.07, 6.45) is 3.07. The predicted octanol–water partition coefficient (Wildman–Crippen LogP) is 3.79. The van der Waals surface area contributed by atoms with Crippen LogP contribution in [0.15, 0.2) is 22.7 Å². The zero-order chi connectivity index (χ0) is 15.5. The molecule has 1 atom stereocenters. The van der Waals surface area contributed by atoms with Crippen LogP contribution >= 0.6 is 15.9 Å². The van der Waals surface area contributed by atoms with Crippen LogP contribution < -0.4 is 4.90 Å². The number of aliphatic carboxylic acids is 1. The Bertz CT molecular complexity index is 578. The van der Waals surface area contributed by atoms with Gasteiger partial charge in [0.05, 0.1) is 16.7 Å². The van der Waals surface area contributed by atoms with Crippen molar-refractivity contribution in [1.82, 2.24) is 0 Å². The molecule has 1 aliphatic heterocycles. The Morgan fingerprint density at radius 1 is 1.57 bits per heavy atom. The molecule has 0 amide bonds. The second kappa shape index (κ2) is 6.48. The van der Waals surface area contributed by atoms with E-state index in [1.165, 1.54) is 0 Å². The quantitative estimate of drug-likeness (QED) is 0.896. The van der Waals surface area contributed by atoms with Crippen LogP contribution in [0.2, 0.25) is 0 Å². The molecule has 0 bridgehead atoms. The summed E-state index contributed by atoms with van der Waals surface area (Å²) < 4.78 is 0.901.